The smallest absolute Gasteiger partial charge is 0.303 e. The first-order valence-corrected chi connectivity index (χ1v) is 7.53. The fraction of sp³-hybridized carbons (Fsp3) is 0.417. The van der Waals surface area contributed by atoms with Crippen LogP contribution >= 0.6 is 7.37 Å². The SMILES string of the molecule is CCP(=O)(CCC(=O)O)OCc1ccccc1. The lowest BCUT2D eigenvalue weighted by Gasteiger charge is -2.16. The summed E-state index contributed by atoms with van der Waals surface area (Å²) in [5.74, 6) is -0.943. The number of hydrogen-bond acceptors (Lipinski definition) is 3. The summed E-state index contributed by atoms with van der Waals surface area (Å²) in [5.41, 5.74) is 0.941. The van der Waals surface area contributed by atoms with Gasteiger partial charge in [-0.15, -0.1) is 0 Å². The van der Waals surface area contributed by atoms with Crippen molar-refractivity contribution >= 4 is 13.3 Å². The van der Waals surface area contributed by atoms with Gasteiger partial charge in [-0.2, -0.15) is 0 Å². The van der Waals surface area contributed by atoms with Crippen molar-refractivity contribution in [3.05, 3.63) is 35.9 Å². The van der Waals surface area contributed by atoms with Crippen LogP contribution in [-0.2, 0) is 20.5 Å². The lowest BCUT2D eigenvalue weighted by atomic mass is 10.2. The molecule has 5 heteroatoms. The second-order valence-corrected chi connectivity index (χ2v) is 6.72. The van der Waals surface area contributed by atoms with Crippen molar-refractivity contribution in [2.45, 2.75) is 20.0 Å². The Morgan fingerprint density at radius 1 is 1.35 bits per heavy atom. The Balaban J connectivity index is 2.51. The van der Waals surface area contributed by atoms with Gasteiger partial charge in [0.2, 0.25) is 7.37 Å². The number of hydrogen-bond donors (Lipinski definition) is 1. The molecule has 1 N–H and O–H groups in total. The van der Waals surface area contributed by atoms with Crippen LogP contribution in [0.4, 0.5) is 0 Å². The van der Waals surface area contributed by atoms with Gasteiger partial charge in [-0.3, -0.25) is 9.36 Å². The van der Waals surface area contributed by atoms with Crippen molar-refractivity contribution in [3.63, 3.8) is 0 Å². The summed E-state index contributed by atoms with van der Waals surface area (Å²) in [6.07, 6.45) is 0.360. The molecule has 1 unspecified atom stereocenters. The Hall–Kier alpha value is -1.12. The minimum Gasteiger partial charge on any atom is -0.481 e. The molecule has 0 heterocycles. The van der Waals surface area contributed by atoms with E-state index in [1.54, 1.807) is 6.92 Å². The zero-order valence-electron chi connectivity index (χ0n) is 9.83. The first-order chi connectivity index (χ1) is 8.06. The minimum atomic E-state index is -2.80. The van der Waals surface area contributed by atoms with Gasteiger partial charge in [-0.25, -0.2) is 0 Å². The molecule has 1 atom stereocenters. The zero-order chi connectivity index (χ0) is 12.7. The van der Waals surface area contributed by atoms with Crippen LogP contribution < -0.4 is 0 Å². The van der Waals surface area contributed by atoms with Crippen LogP contribution in [0.5, 0.6) is 0 Å². The Morgan fingerprint density at radius 3 is 2.53 bits per heavy atom. The highest BCUT2D eigenvalue weighted by molar-refractivity contribution is 7.58. The highest BCUT2D eigenvalue weighted by Crippen LogP contribution is 2.47. The lowest BCUT2D eigenvalue weighted by Crippen LogP contribution is -2.04. The molecule has 0 bridgehead atoms. The molecule has 0 aliphatic heterocycles. The second kappa shape index (κ2) is 6.58. The fourth-order valence-corrected chi connectivity index (χ4v) is 2.89. The Morgan fingerprint density at radius 2 is 2.00 bits per heavy atom. The van der Waals surface area contributed by atoms with Crippen molar-refractivity contribution in [2.75, 3.05) is 12.3 Å². The molecule has 1 aromatic rings. The maximum Gasteiger partial charge on any atom is 0.303 e. The average molecular weight is 256 g/mol. The van der Waals surface area contributed by atoms with Gasteiger partial charge >= 0.3 is 5.97 Å². The van der Waals surface area contributed by atoms with Crippen molar-refractivity contribution in [3.8, 4) is 0 Å². The molecular formula is C12H17O4P. The number of benzene rings is 1. The van der Waals surface area contributed by atoms with Gasteiger partial charge in [0.25, 0.3) is 0 Å². The summed E-state index contributed by atoms with van der Waals surface area (Å²) >= 11 is 0. The van der Waals surface area contributed by atoms with E-state index in [0.717, 1.165) is 5.56 Å². The maximum absolute atomic E-state index is 12.2. The quantitative estimate of drug-likeness (QED) is 0.762. The molecule has 0 aliphatic rings. The van der Waals surface area contributed by atoms with Crippen molar-refractivity contribution in [1.82, 2.24) is 0 Å². The van der Waals surface area contributed by atoms with Gasteiger partial charge in [0, 0.05) is 12.3 Å². The fourth-order valence-electron chi connectivity index (χ4n) is 1.35. The Kier molecular flexibility index (Phi) is 5.39. The Bertz CT molecular complexity index is 402. The molecule has 4 nitrogen and oxygen atoms in total. The number of carbonyl (C=O) groups is 1. The molecule has 0 spiro atoms. The third-order valence-electron chi connectivity index (χ3n) is 2.46. The summed E-state index contributed by atoms with van der Waals surface area (Å²) in [4.78, 5) is 10.5. The van der Waals surface area contributed by atoms with E-state index in [0.29, 0.717) is 6.16 Å². The van der Waals surface area contributed by atoms with E-state index in [1.807, 2.05) is 30.3 Å². The van der Waals surface area contributed by atoms with Gasteiger partial charge in [-0.1, -0.05) is 37.3 Å². The second-order valence-electron chi connectivity index (χ2n) is 3.76. The van der Waals surface area contributed by atoms with Crippen molar-refractivity contribution in [1.29, 1.82) is 0 Å². The highest BCUT2D eigenvalue weighted by Gasteiger charge is 2.21. The van der Waals surface area contributed by atoms with Gasteiger partial charge in [0.1, 0.15) is 0 Å². The third-order valence-corrected chi connectivity index (χ3v) is 4.93. The van der Waals surface area contributed by atoms with E-state index in [1.165, 1.54) is 0 Å². The van der Waals surface area contributed by atoms with Crippen molar-refractivity contribution in [2.24, 2.45) is 0 Å². The topological polar surface area (TPSA) is 63.6 Å². The highest BCUT2D eigenvalue weighted by atomic mass is 31.2. The summed E-state index contributed by atoms with van der Waals surface area (Å²) in [5, 5.41) is 8.58. The molecule has 1 aromatic carbocycles. The number of aliphatic carboxylic acids is 1. The van der Waals surface area contributed by atoms with Crippen LogP contribution in [0.2, 0.25) is 0 Å². The predicted molar refractivity (Wildman–Crippen MR) is 66.5 cm³/mol. The van der Waals surface area contributed by atoms with Crippen LogP contribution in [-0.4, -0.2) is 23.4 Å². The van der Waals surface area contributed by atoms with E-state index in [4.69, 9.17) is 9.63 Å². The van der Waals surface area contributed by atoms with Gasteiger partial charge in [0.05, 0.1) is 13.0 Å². The zero-order valence-corrected chi connectivity index (χ0v) is 10.7. The number of rotatable bonds is 7. The summed E-state index contributed by atoms with van der Waals surface area (Å²) in [6, 6.07) is 9.43. The van der Waals surface area contributed by atoms with Gasteiger partial charge in [-0.05, 0) is 5.56 Å². The molecule has 0 saturated carbocycles. The first-order valence-electron chi connectivity index (χ1n) is 5.54. The molecule has 17 heavy (non-hydrogen) atoms. The molecule has 0 aliphatic carbocycles. The summed E-state index contributed by atoms with van der Waals surface area (Å²) in [7, 11) is -2.80. The van der Waals surface area contributed by atoms with E-state index in [-0.39, 0.29) is 19.2 Å². The normalized spacial score (nSPS) is 14.2. The van der Waals surface area contributed by atoms with Crippen molar-refractivity contribution < 1.29 is 19.0 Å². The van der Waals surface area contributed by atoms with Crippen LogP contribution in [0.25, 0.3) is 0 Å². The molecule has 0 saturated heterocycles. The number of carboxylic acid groups (broad SMARTS) is 1. The molecule has 0 fully saturated rings. The minimum absolute atomic E-state index is 0.103. The monoisotopic (exact) mass is 256 g/mol. The van der Waals surface area contributed by atoms with E-state index < -0.39 is 13.3 Å². The third kappa shape index (κ3) is 5.16. The molecule has 94 valence electrons. The summed E-state index contributed by atoms with van der Waals surface area (Å²) < 4.78 is 17.6. The lowest BCUT2D eigenvalue weighted by molar-refractivity contribution is -0.136. The maximum atomic E-state index is 12.2. The molecular weight excluding hydrogens is 239 g/mol. The van der Waals surface area contributed by atoms with E-state index in [2.05, 4.69) is 0 Å². The van der Waals surface area contributed by atoms with Gasteiger partial charge in [0.15, 0.2) is 0 Å². The van der Waals surface area contributed by atoms with E-state index in [9.17, 15) is 9.36 Å². The molecule has 0 aromatic heterocycles. The number of carboxylic acids is 1. The van der Waals surface area contributed by atoms with Crippen LogP contribution in [0.15, 0.2) is 30.3 Å². The standard InChI is InChI=1S/C12H17O4P/c1-2-17(15,9-8-12(13)14)16-10-11-6-4-3-5-7-11/h3-7H,2,8-10H2,1H3,(H,13,14). The van der Waals surface area contributed by atoms with Gasteiger partial charge < -0.3 is 9.63 Å². The molecule has 0 radical (unpaired) electrons. The van der Waals surface area contributed by atoms with Crippen LogP contribution in [0.1, 0.15) is 18.9 Å². The van der Waals surface area contributed by atoms with Crippen LogP contribution in [0, 0.1) is 0 Å². The molecule has 0 amide bonds. The van der Waals surface area contributed by atoms with E-state index >= 15 is 0 Å². The first kappa shape index (κ1) is 13.9. The Labute approximate surface area is 101 Å². The molecule has 1 rings (SSSR count). The average Bonchev–Trinajstić information content (AvgIpc) is 2.35. The van der Waals surface area contributed by atoms with Crippen LogP contribution in [0.3, 0.4) is 0 Å². The summed E-state index contributed by atoms with van der Waals surface area (Å²) in [6.45, 7) is 2.03. The largest absolute Gasteiger partial charge is 0.481 e. The predicted octanol–water partition coefficient (Wildman–Crippen LogP) is 2.98.